The number of carbonyl (C=O) groups excluding carboxylic acids is 1. The predicted molar refractivity (Wildman–Crippen MR) is 96.2 cm³/mol. The number of amides is 1. The summed E-state index contributed by atoms with van der Waals surface area (Å²) in [6.45, 7) is 0.735. The molecule has 2 fully saturated rings. The number of hydrogen-bond acceptors (Lipinski definition) is 3. The summed E-state index contributed by atoms with van der Waals surface area (Å²) in [5, 5.41) is 0. The minimum absolute atomic E-state index is 0.0253. The molecule has 0 radical (unpaired) electrons. The smallest absolute Gasteiger partial charge is 0.227 e. The fourth-order valence-corrected chi connectivity index (χ4v) is 5.35. The average Bonchev–Trinajstić information content (AvgIpc) is 2.80. The molecular formula is C19H25NO3S. The zero-order valence-corrected chi connectivity index (χ0v) is 14.7. The lowest BCUT2D eigenvalue weighted by molar-refractivity contribution is -0.136. The molecule has 2 saturated heterocycles. The maximum absolute atomic E-state index is 12.9. The van der Waals surface area contributed by atoms with Gasteiger partial charge >= 0.3 is 0 Å². The van der Waals surface area contributed by atoms with Gasteiger partial charge in [0.15, 0.2) is 9.84 Å². The van der Waals surface area contributed by atoms with Gasteiger partial charge in [-0.25, -0.2) is 8.42 Å². The molecule has 0 N–H and O–H groups in total. The second-order valence-corrected chi connectivity index (χ2v) is 9.05. The van der Waals surface area contributed by atoms with Gasteiger partial charge in [-0.15, -0.1) is 0 Å². The normalized spacial score (nSPS) is 27.2. The summed E-state index contributed by atoms with van der Waals surface area (Å²) in [4.78, 5) is 14.8. The van der Waals surface area contributed by atoms with Crippen molar-refractivity contribution in [1.82, 2.24) is 4.90 Å². The summed E-state index contributed by atoms with van der Waals surface area (Å²) >= 11 is 0. The molecular weight excluding hydrogens is 322 g/mol. The van der Waals surface area contributed by atoms with Crippen LogP contribution in [-0.4, -0.2) is 43.3 Å². The Bertz CT molecular complexity index is 697. The summed E-state index contributed by atoms with van der Waals surface area (Å²) in [6, 6.07) is 10.1. The van der Waals surface area contributed by atoms with E-state index >= 15 is 0 Å². The van der Waals surface area contributed by atoms with E-state index in [1.54, 1.807) is 0 Å². The number of benzene rings is 1. The van der Waals surface area contributed by atoms with Gasteiger partial charge in [0.25, 0.3) is 0 Å². The van der Waals surface area contributed by atoms with Gasteiger partial charge in [0.05, 0.1) is 23.5 Å². The first-order chi connectivity index (χ1) is 11.6. The number of carbonyl (C=O) groups is 1. The van der Waals surface area contributed by atoms with Gasteiger partial charge in [-0.1, -0.05) is 55.3 Å². The lowest BCUT2D eigenvalue weighted by atomic mass is 10.0. The highest BCUT2D eigenvalue weighted by atomic mass is 32.2. The molecule has 0 aromatic heterocycles. The van der Waals surface area contributed by atoms with Gasteiger partial charge in [0, 0.05) is 6.54 Å². The fraction of sp³-hybridized carbons (Fsp3) is 0.526. The fourth-order valence-electron chi connectivity index (χ4n) is 3.62. The molecule has 130 valence electrons. The van der Waals surface area contributed by atoms with Crippen LogP contribution in [0.1, 0.15) is 37.7 Å². The molecule has 1 amide bonds. The molecule has 2 unspecified atom stereocenters. The van der Waals surface area contributed by atoms with E-state index in [4.69, 9.17) is 0 Å². The molecule has 2 aliphatic rings. The Balaban J connectivity index is 1.75. The summed E-state index contributed by atoms with van der Waals surface area (Å²) in [6.07, 6.45) is 8.85. The minimum Gasteiger partial charge on any atom is -0.336 e. The third-order valence-electron chi connectivity index (χ3n) is 4.97. The Morgan fingerprint density at radius 3 is 2.58 bits per heavy atom. The molecule has 2 aliphatic heterocycles. The largest absolute Gasteiger partial charge is 0.336 e. The zero-order valence-electron chi connectivity index (χ0n) is 13.9. The highest BCUT2D eigenvalue weighted by Gasteiger charge is 2.37. The lowest BCUT2D eigenvalue weighted by Crippen LogP contribution is -2.42. The van der Waals surface area contributed by atoms with Crippen LogP contribution in [0.15, 0.2) is 36.4 Å². The molecule has 0 aliphatic carbocycles. The summed E-state index contributed by atoms with van der Waals surface area (Å²) < 4.78 is 23.4. The Morgan fingerprint density at radius 1 is 1.08 bits per heavy atom. The number of sulfone groups is 1. The summed E-state index contributed by atoms with van der Waals surface area (Å²) in [5.74, 6) is -0.138. The third-order valence-corrected chi connectivity index (χ3v) is 6.74. The highest BCUT2D eigenvalue weighted by Crippen LogP contribution is 2.26. The second kappa shape index (κ2) is 7.51. The molecule has 1 aromatic carbocycles. The first-order valence-corrected chi connectivity index (χ1v) is 10.6. The Morgan fingerprint density at radius 2 is 1.88 bits per heavy atom. The molecule has 5 heteroatoms. The molecule has 0 spiro atoms. The molecule has 4 nitrogen and oxygen atoms in total. The van der Waals surface area contributed by atoms with Crippen LogP contribution in [0.4, 0.5) is 0 Å². The number of hydrogen-bond donors (Lipinski definition) is 0. The molecule has 3 rings (SSSR count). The maximum Gasteiger partial charge on any atom is 0.227 e. The SMILES string of the molecule is O=C(C1CCS(=O)(=O)C1)N1CCCCCC1C=Cc1ccccc1. The van der Waals surface area contributed by atoms with Gasteiger partial charge < -0.3 is 4.90 Å². The van der Waals surface area contributed by atoms with E-state index < -0.39 is 9.84 Å². The maximum atomic E-state index is 12.9. The first-order valence-electron chi connectivity index (χ1n) is 8.79. The van der Waals surface area contributed by atoms with Gasteiger partial charge in [-0.2, -0.15) is 0 Å². The van der Waals surface area contributed by atoms with Crippen molar-refractivity contribution in [1.29, 1.82) is 0 Å². The van der Waals surface area contributed by atoms with Crippen LogP contribution in [0.25, 0.3) is 6.08 Å². The molecule has 0 saturated carbocycles. The van der Waals surface area contributed by atoms with E-state index in [1.165, 1.54) is 0 Å². The van der Waals surface area contributed by atoms with Crippen LogP contribution in [0.5, 0.6) is 0 Å². The minimum atomic E-state index is -3.03. The van der Waals surface area contributed by atoms with Crippen molar-refractivity contribution in [3.8, 4) is 0 Å². The van der Waals surface area contributed by atoms with E-state index in [2.05, 4.69) is 12.2 Å². The topological polar surface area (TPSA) is 54.5 Å². The molecule has 2 heterocycles. The van der Waals surface area contributed by atoms with E-state index in [9.17, 15) is 13.2 Å². The third kappa shape index (κ3) is 4.26. The van der Waals surface area contributed by atoms with Gasteiger partial charge in [-0.05, 0) is 24.8 Å². The van der Waals surface area contributed by atoms with Crippen LogP contribution in [0, 0.1) is 5.92 Å². The van der Waals surface area contributed by atoms with Crippen molar-refractivity contribution in [2.45, 2.75) is 38.1 Å². The van der Waals surface area contributed by atoms with Crippen LogP contribution >= 0.6 is 0 Å². The van der Waals surface area contributed by atoms with Crippen molar-refractivity contribution in [2.75, 3.05) is 18.1 Å². The molecule has 1 aromatic rings. The molecule has 0 bridgehead atoms. The van der Waals surface area contributed by atoms with E-state index in [-0.39, 0.29) is 29.4 Å². The lowest BCUT2D eigenvalue weighted by Gasteiger charge is -2.30. The van der Waals surface area contributed by atoms with Crippen molar-refractivity contribution < 1.29 is 13.2 Å². The average molecular weight is 347 g/mol. The number of rotatable bonds is 3. The Hall–Kier alpha value is -1.62. The number of nitrogens with zero attached hydrogens (tertiary/aromatic N) is 1. The van der Waals surface area contributed by atoms with Gasteiger partial charge in [-0.3, -0.25) is 4.79 Å². The van der Waals surface area contributed by atoms with Crippen LogP contribution in [0.2, 0.25) is 0 Å². The van der Waals surface area contributed by atoms with Gasteiger partial charge in [0.2, 0.25) is 5.91 Å². The van der Waals surface area contributed by atoms with Crippen molar-refractivity contribution in [3.05, 3.63) is 42.0 Å². The molecule has 24 heavy (non-hydrogen) atoms. The van der Waals surface area contributed by atoms with E-state index in [1.807, 2.05) is 35.2 Å². The van der Waals surface area contributed by atoms with E-state index in [0.717, 1.165) is 37.8 Å². The number of likely N-dealkylation sites (tertiary alicyclic amines) is 1. The standard InChI is InChI=1S/C19H25NO3S/c21-19(17-12-14-24(22,23)15-17)20-13-6-2-5-9-18(20)11-10-16-7-3-1-4-8-16/h1,3-4,7-8,10-11,17-18H,2,5-6,9,12-15H2. The first kappa shape index (κ1) is 17.2. The summed E-state index contributed by atoms with van der Waals surface area (Å²) in [7, 11) is -3.03. The van der Waals surface area contributed by atoms with Crippen molar-refractivity contribution in [2.24, 2.45) is 5.92 Å². The van der Waals surface area contributed by atoms with E-state index in [0.29, 0.717) is 6.42 Å². The highest BCUT2D eigenvalue weighted by molar-refractivity contribution is 7.91. The monoisotopic (exact) mass is 347 g/mol. The second-order valence-electron chi connectivity index (χ2n) is 6.82. The van der Waals surface area contributed by atoms with Crippen molar-refractivity contribution >= 4 is 21.8 Å². The Kier molecular flexibility index (Phi) is 5.39. The zero-order chi connectivity index (χ0) is 17.0. The Labute approximate surface area is 144 Å². The van der Waals surface area contributed by atoms with Crippen molar-refractivity contribution in [3.63, 3.8) is 0 Å². The van der Waals surface area contributed by atoms with Gasteiger partial charge in [0.1, 0.15) is 0 Å². The molecule has 2 atom stereocenters. The van der Waals surface area contributed by atoms with Crippen LogP contribution in [-0.2, 0) is 14.6 Å². The summed E-state index contributed by atoms with van der Waals surface area (Å²) in [5.41, 5.74) is 1.12. The quantitative estimate of drug-likeness (QED) is 0.845. The van der Waals surface area contributed by atoms with Crippen LogP contribution in [0.3, 0.4) is 0 Å². The predicted octanol–water partition coefficient (Wildman–Crippen LogP) is 2.91. The van der Waals surface area contributed by atoms with Crippen LogP contribution < -0.4 is 0 Å².